The molecule has 0 amide bonds. The zero-order chi connectivity index (χ0) is 19.6. The fraction of sp³-hybridized carbons (Fsp3) is 0.263. The molecule has 0 aliphatic heterocycles. The van der Waals surface area contributed by atoms with Crippen LogP contribution in [-0.2, 0) is 26.2 Å². The number of anilines is 1. The Morgan fingerprint density at radius 1 is 1.15 bits per heavy atom. The number of para-hydroxylation sites is 1. The minimum Gasteiger partial charge on any atom is -0.458 e. The summed E-state index contributed by atoms with van der Waals surface area (Å²) in [4.78, 5) is 16.7. The molecule has 2 aromatic heterocycles. The fourth-order valence-electron chi connectivity index (χ4n) is 2.82. The number of aromatic nitrogens is 2. The van der Waals surface area contributed by atoms with Gasteiger partial charge < -0.3 is 9.14 Å². The number of aryl methyl sites for hydroxylation is 2. The highest BCUT2D eigenvalue weighted by Gasteiger charge is 2.23. The summed E-state index contributed by atoms with van der Waals surface area (Å²) in [7, 11) is -3.63. The standard InChI is InChI=1S/C19H21N3O4S/c1-14-7-4-5-9-17(14)22(27(3,24)25)12-18(23)26-13-16-11-21-10-6-8-15(2)19(21)20-16/h4-11H,12-13H2,1-3H3. The summed E-state index contributed by atoms with van der Waals surface area (Å²) in [6.45, 7) is 3.32. The van der Waals surface area contributed by atoms with Crippen molar-refractivity contribution in [2.24, 2.45) is 0 Å². The second-order valence-electron chi connectivity index (χ2n) is 6.37. The molecule has 2 heterocycles. The Balaban J connectivity index is 1.72. The van der Waals surface area contributed by atoms with E-state index in [9.17, 15) is 13.2 Å². The highest BCUT2D eigenvalue weighted by molar-refractivity contribution is 7.92. The van der Waals surface area contributed by atoms with E-state index in [0.29, 0.717) is 11.4 Å². The molecule has 0 aliphatic carbocycles. The predicted molar refractivity (Wildman–Crippen MR) is 103 cm³/mol. The number of rotatable bonds is 6. The normalized spacial score (nSPS) is 11.5. The third-order valence-electron chi connectivity index (χ3n) is 4.17. The van der Waals surface area contributed by atoms with Crippen molar-refractivity contribution in [1.29, 1.82) is 0 Å². The van der Waals surface area contributed by atoms with Crippen molar-refractivity contribution in [3.05, 3.63) is 65.6 Å². The first-order valence-corrected chi connectivity index (χ1v) is 10.2. The van der Waals surface area contributed by atoms with Crippen LogP contribution >= 0.6 is 0 Å². The van der Waals surface area contributed by atoms with Crippen molar-refractivity contribution in [3.63, 3.8) is 0 Å². The number of pyridine rings is 1. The van der Waals surface area contributed by atoms with Gasteiger partial charge in [0.1, 0.15) is 18.8 Å². The molecule has 142 valence electrons. The van der Waals surface area contributed by atoms with Crippen molar-refractivity contribution in [1.82, 2.24) is 9.38 Å². The second-order valence-corrected chi connectivity index (χ2v) is 8.28. The fourth-order valence-corrected chi connectivity index (χ4v) is 3.72. The summed E-state index contributed by atoms with van der Waals surface area (Å²) < 4.78 is 32.5. The summed E-state index contributed by atoms with van der Waals surface area (Å²) in [5.41, 5.74) is 3.62. The van der Waals surface area contributed by atoms with Crippen molar-refractivity contribution in [3.8, 4) is 0 Å². The van der Waals surface area contributed by atoms with Gasteiger partial charge in [-0.15, -0.1) is 0 Å². The van der Waals surface area contributed by atoms with Crippen LogP contribution < -0.4 is 4.31 Å². The number of fused-ring (bicyclic) bond motifs is 1. The number of carbonyl (C=O) groups excluding carboxylic acids is 1. The Kier molecular flexibility index (Phi) is 5.18. The maximum Gasteiger partial charge on any atom is 0.327 e. The molecule has 0 saturated carbocycles. The average molecular weight is 387 g/mol. The number of hydrogen-bond acceptors (Lipinski definition) is 5. The van der Waals surface area contributed by atoms with Gasteiger partial charge in [-0.05, 0) is 37.1 Å². The molecule has 0 bridgehead atoms. The van der Waals surface area contributed by atoms with Crippen LogP contribution in [0.1, 0.15) is 16.8 Å². The third-order valence-corrected chi connectivity index (χ3v) is 5.29. The summed E-state index contributed by atoms with van der Waals surface area (Å²) in [6, 6.07) is 10.8. The molecule has 0 saturated heterocycles. The first-order valence-electron chi connectivity index (χ1n) is 8.38. The van der Waals surface area contributed by atoms with Crippen LogP contribution in [0.25, 0.3) is 5.65 Å². The van der Waals surface area contributed by atoms with E-state index in [0.717, 1.165) is 27.3 Å². The summed E-state index contributed by atoms with van der Waals surface area (Å²) in [5.74, 6) is -0.641. The Morgan fingerprint density at radius 2 is 1.85 bits per heavy atom. The maximum atomic E-state index is 12.3. The third kappa shape index (κ3) is 4.28. The number of carbonyl (C=O) groups is 1. The Bertz CT molecular complexity index is 1090. The van der Waals surface area contributed by atoms with E-state index < -0.39 is 22.5 Å². The van der Waals surface area contributed by atoms with Crippen LogP contribution in [0.15, 0.2) is 48.8 Å². The molecule has 0 spiro atoms. The topological polar surface area (TPSA) is 81.0 Å². The molecule has 0 unspecified atom stereocenters. The molecule has 0 aliphatic rings. The molecule has 1 aromatic carbocycles. The van der Waals surface area contributed by atoms with Gasteiger partial charge >= 0.3 is 5.97 Å². The van der Waals surface area contributed by atoms with Gasteiger partial charge in [0, 0.05) is 12.4 Å². The van der Waals surface area contributed by atoms with Crippen molar-refractivity contribution < 1.29 is 17.9 Å². The quantitative estimate of drug-likeness (QED) is 0.607. The number of hydrogen-bond donors (Lipinski definition) is 0. The Hall–Kier alpha value is -2.87. The number of sulfonamides is 1. The first kappa shape index (κ1) is 18.9. The molecular formula is C19H21N3O4S. The van der Waals surface area contributed by atoms with E-state index in [4.69, 9.17) is 4.74 Å². The van der Waals surface area contributed by atoms with Gasteiger partial charge in [0.15, 0.2) is 0 Å². The van der Waals surface area contributed by atoms with Gasteiger partial charge in [0.25, 0.3) is 0 Å². The zero-order valence-corrected chi connectivity index (χ0v) is 16.2. The second kappa shape index (κ2) is 7.40. The lowest BCUT2D eigenvalue weighted by Gasteiger charge is -2.23. The molecule has 0 fully saturated rings. The van der Waals surface area contributed by atoms with E-state index in [-0.39, 0.29) is 6.61 Å². The molecule has 3 rings (SSSR count). The summed E-state index contributed by atoms with van der Waals surface area (Å²) >= 11 is 0. The number of ether oxygens (including phenoxy) is 1. The van der Waals surface area contributed by atoms with Gasteiger partial charge in [0.05, 0.1) is 17.6 Å². The van der Waals surface area contributed by atoms with Gasteiger partial charge in [0.2, 0.25) is 10.0 Å². The van der Waals surface area contributed by atoms with Crippen LogP contribution in [-0.4, -0.2) is 36.6 Å². The minimum atomic E-state index is -3.63. The smallest absolute Gasteiger partial charge is 0.327 e. The highest BCUT2D eigenvalue weighted by Crippen LogP contribution is 2.22. The molecule has 7 nitrogen and oxygen atoms in total. The molecule has 3 aromatic rings. The van der Waals surface area contributed by atoms with E-state index in [1.807, 2.05) is 35.7 Å². The Morgan fingerprint density at radius 3 is 2.52 bits per heavy atom. The monoisotopic (exact) mass is 387 g/mol. The van der Waals surface area contributed by atoms with E-state index in [1.54, 1.807) is 31.3 Å². The maximum absolute atomic E-state index is 12.3. The summed E-state index contributed by atoms with van der Waals surface area (Å²) in [5, 5.41) is 0. The minimum absolute atomic E-state index is 0.0225. The number of esters is 1. The van der Waals surface area contributed by atoms with Gasteiger partial charge in [-0.1, -0.05) is 24.3 Å². The molecule has 27 heavy (non-hydrogen) atoms. The molecular weight excluding hydrogens is 366 g/mol. The van der Waals surface area contributed by atoms with Crippen LogP contribution in [0, 0.1) is 13.8 Å². The molecule has 0 atom stereocenters. The number of imidazole rings is 1. The summed E-state index contributed by atoms with van der Waals surface area (Å²) in [6.07, 6.45) is 4.72. The predicted octanol–water partition coefficient (Wildman–Crippen LogP) is 2.46. The van der Waals surface area contributed by atoms with E-state index in [1.165, 1.54) is 0 Å². The molecule has 0 N–H and O–H groups in total. The van der Waals surface area contributed by atoms with E-state index in [2.05, 4.69) is 4.98 Å². The van der Waals surface area contributed by atoms with Crippen molar-refractivity contribution in [2.75, 3.05) is 17.1 Å². The zero-order valence-electron chi connectivity index (χ0n) is 15.4. The largest absolute Gasteiger partial charge is 0.458 e. The SMILES string of the molecule is Cc1ccccc1N(CC(=O)OCc1cn2cccc(C)c2n1)S(C)(=O)=O. The van der Waals surface area contributed by atoms with Crippen LogP contribution in [0.5, 0.6) is 0 Å². The van der Waals surface area contributed by atoms with Crippen LogP contribution in [0.4, 0.5) is 5.69 Å². The van der Waals surface area contributed by atoms with Gasteiger partial charge in [-0.3, -0.25) is 9.10 Å². The number of nitrogens with zero attached hydrogens (tertiary/aromatic N) is 3. The van der Waals surface area contributed by atoms with Crippen LogP contribution in [0.3, 0.4) is 0 Å². The molecule has 8 heteroatoms. The number of benzene rings is 1. The highest BCUT2D eigenvalue weighted by atomic mass is 32.2. The van der Waals surface area contributed by atoms with Crippen molar-refractivity contribution >= 4 is 27.3 Å². The Labute approximate surface area is 158 Å². The lowest BCUT2D eigenvalue weighted by Crippen LogP contribution is -2.36. The van der Waals surface area contributed by atoms with E-state index >= 15 is 0 Å². The van der Waals surface area contributed by atoms with Gasteiger partial charge in [-0.25, -0.2) is 13.4 Å². The van der Waals surface area contributed by atoms with Crippen molar-refractivity contribution in [2.45, 2.75) is 20.5 Å². The molecule has 0 radical (unpaired) electrons. The van der Waals surface area contributed by atoms with Gasteiger partial charge in [-0.2, -0.15) is 0 Å². The lowest BCUT2D eigenvalue weighted by molar-refractivity contribution is -0.143. The van der Waals surface area contributed by atoms with Crippen LogP contribution in [0.2, 0.25) is 0 Å². The lowest BCUT2D eigenvalue weighted by atomic mass is 10.2. The average Bonchev–Trinajstić information content (AvgIpc) is 3.02. The first-order chi connectivity index (χ1) is 12.8.